The highest BCUT2D eigenvalue weighted by Gasteiger charge is 2.31. The molecule has 1 unspecified atom stereocenters. The maximum atomic E-state index is 15.5. The smallest absolute Gasteiger partial charge is 0.256 e. The number of hydrogen-bond donors (Lipinski definition) is 6. The number of anilines is 4. The molecule has 8 heterocycles. The summed E-state index contributed by atoms with van der Waals surface area (Å²) in [6, 6.07) is 11.4. The molecule has 6 N–H and O–H groups in total. The number of nitrogens with one attached hydrogen (secondary N) is 6. The third-order valence-corrected chi connectivity index (χ3v) is 11.3. The number of amides is 2. The van der Waals surface area contributed by atoms with Crippen LogP contribution in [0.2, 0.25) is 0 Å². The Kier molecular flexibility index (Phi) is 8.21. The molecule has 0 radical (unpaired) electrons. The third-order valence-electron chi connectivity index (χ3n) is 11.3. The number of fused-ring (bicyclic) bond motifs is 4. The maximum Gasteiger partial charge on any atom is 0.256 e. The van der Waals surface area contributed by atoms with Crippen molar-refractivity contribution in [3.63, 3.8) is 0 Å². The normalized spacial score (nSPS) is 17.7. The van der Waals surface area contributed by atoms with Gasteiger partial charge in [0.1, 0.15) is 29.9 Å². The van der Waals surface area contributed by atoms with Gasteiger partial charge >= 0.3 is 0 Å². The number of pyridine rings is 2. The molecular formula is C45H39FN8O4. The summed E-state index contributed by atoms with van der Waals surface area (Å²) in [5.74, 6) is 0.0314. The topological polar surface area (TPSA) is 158 Å². The van der Waals surface area contributed by atoms with Crippen molar-refractivity contribution < 1.29 is 23.5 Å². The first-order chi connectivity index (χ1) is 28.1. The summed E-state index contributed by atoms with van der Waals surface area (Å²) in [6.07, 6.45) is 11.3. The first-order valence-corrected chi connectivity index (χ1v) is 19.2. The van der Waals surface area contributed by atoms with Gasteiger partial charge in [-0.15, -0.1) is 0 Å². The number of rotatable bonds is 6. The fourth-order valence-corrected chi connectivity index (χ4v) is 8.37. The minimum atomic E-state index is -0.517. The maximum absolute atomic E-state index is 15.5. The van der Waals surface area contributed by atoms with Crippen LogP contribution in [0.3, 0.4) is 0 Å². The quantitative estimate of drug-likeness (QED) is 0.0929. The summed E-state index contributed by atoms with van der Waals surface area (Å²) in [5.41, 5.74) is 14.7. The standard InChI is InChI=1S/C45H39FN8O4/c1-21-7-28(48-16-21)14-33-31-11-26(8-22(2)38(31)53-42(33)55)35-20-52-45-40(24(35)4)50-18-30(58-45)10-25-9-29(49-17-25)15-34-32-12-27(13-37(46)41(32)54-43(34)56)36-19-51-44-39(23(36)3)47-5-6-57-44/h7-9,11-17,19-20,30,47-50H,5-6,10,18H2,1-4H3,(H,53,55)(H,54,56)/b33-14-,34-15-. The average Bonchev–Trinajstić information content (AvgIpc) is 3.99. The number of benzene rings is 2. The zero-order valence-electron chi connectivity index (χ0n) is 32.2. The summed E-state index contributed by atoms with van der Waals surface area (Å²) in [5, 5.41) is 12.6. The first-order valence-electron chi connectivity index (χ1n) is 19.2. The van der Waals surface area contributed by atoms with Crippen LogP contribution < -0.4 is 30.7 Å². The summed E-state index contributed by atoms with van der Waals surface area (Å²) >= 11 is 0. The van der Waals surface area contributed by atoms with Crippen molar-refractivity contribution in [3.05, 3.63) is 117 Å². The van der Waals surface area contributed by atoms with Crippen LogP contribution in [0.15, 0.2) is 61.2 Å². The van der Waals surface area contributed by atoms with Gasteiger partial charge in [0, 0.05) is 71.4 Å². The Labute approximate surface area is 333 Å². The van der Waals surface area contributed by atoms with Crippen LogP contribution in [-0.4, -0.2) is 57.6 Å². The molecule has 4 aliphatic heterocycles. The number of aromatic nitrogens is 4. The summed E-state index contributed by atoms with van der Waals surface area (Å²) in [4.78, 5) is 41.9. The molecule has 0 spiro atoms. The van der Waals surface area contributed by atoms with E-state index in [-0.39, 0.29) is 23.6 Å². The van der Waals surface area contributed by atoms with Crippen LogP contribution in [0.1, 0.15) is 50.3 Å². The predicted molar refractivity (Wildman–Crippen MR) is 223 cm³/mol. The zero-order chi connectivity index (χ0) is 39.8. The second kappa shape index (κ2) is 13.5. The molecule has 10 rings (SSSR count). The molecule has 0 saturated heterocycles. The van der Waals surface area contributed by atoms with Crippen molar-refractivity contribution in [2.24, 2.45) is 0 Å². The van der Waals surface area contributed by atoms with Crippen molar-refractivity contribution in [2.75, 3.05) is 41.0 Å². The second-order valence-electron chi connectivity index (χ2n) is 15.3. The fourth-order valence-electron chi connectivity index (χ4n) is 8.37. The van der Waals surface area contributed by atoms with Crippen molar-refractivity contribution in [1.82, 2.24) is 19.9 Å². The van der Waals surface area contributed by atoms with Crippen LogP contribution in [-0.2, 0) is 16.0 Å². The number of nitrogens with zero attached hydrogens (tertiary/aromatic N) is 2. The Balaban J connectivity index is 0.872. The molecular weight excluding hydrogens is 736 g/mol. The van der Waals surface area contributed by atoms with Crippen LogP contribution >= 0.6 is 0 Å². The second-order valence-corrected chi connectivity index (χ2v) is 15.3. The van der Waals surface area contributed by atoms with E-state index in [0.29, 0.717) is 65.8 Å². The number of ether oxygens (including phenoxy) is 2. The average molecular weight is 775 g/mol. The Morgan fingerprint density at radius 2 is 1.36 bits per heavy atom. The summed E-state index contributed by atoms with van der Waals surface area (Å²) in [7, 11) is 0. The van der Waals surface area contributed by atoms with E-state index in [2.05, 4.69) is 42.3 Å². The predicted octanol–water partition coefficient (Wildman–Crippen LogP) is 8.04. The van der Waals surface area contributed by atoms with E-state index >= 15 is 4.39 Å². The van der Waals surface area contributed by atoms with Crippen molar-refractivity contribution in [3.8, 4) is 34.0 Å². The number of carbonyl (C=O) groups is 2. The van der Waals surface area contributed by atoms with Crippen LogP contribution in [0.5, 0.6) is 11.8 Å². The van der Waals surface area contributed by atoms with E-state index in [4.69, 9.17) is 14.5 Å². The molecule has 2 aromatic carbocycles. The van der Waals surface area contributed by atoms with Gasteiger partial charge in [-0.3, -0.25) is 9.59 Å². The molecule has 0 bridgehead atoms. The van der Waals surface area contributed by atoms with E-state index in [1.54, 1.807) is 12.3 Å². The zero-order valence-corrected chi connectivity index (χ0v) is 32.2. The first kappa shape index (κ1) is 35.3. The minimum absolute atomic E-state index is 0.127. The molecule has 1 atom stereocenters. The van der Waals surface area contributed by atoms with E-state index in [1.165, 1.54) is 6.07 Å². The number of aryl methyl sites for hydroxylation is 2. The molecule has 58 heavy (non-hydrogen) atoms. The van der Waals surface area contributed by atoms with E-state index in [0.717, 1.165) is 72.8 Å². The number of carbonyl (C=O) groups excluding carboxylic acids is 2. The lowest BCUT2D eigenvalue weighted by Gasteiger charge is -2.28. The van der Waals surface area contributed by atoms with Gasteiger partial charge in [-0.2, -0.15) is 0 Å². The van der Waals surface area contributed by atoms with Gasteiger partial charge in [-0.05, 0) is 115 Å². The Bertz CT molecular complexity index is 2820. The van der Waals surface area contributed by atoms with Crippen LogP contribution in [0, 0.1) is 33.5 Å². The molecule has 4 aromatic heterocycles. The van der Waals surface area contributed by atoms with Crippen LogP contribution in [0.25, 0.3) is 45.6 Å². The highest BCUT2D eigenvalue weighted by Crippen LogP contribution is 2.44. The molecule has 0 aliphatic carbocycles. The Morgan fingerprint density at radius 1 is 0.724 bits per heavy atom. The molecule has 290 valence electrons. The molecule has 4 aliphatic rings. The number of halogens is 1. The Hall–Kier alpha value is -7.15. The van der Waals surface area contributed by atoms with Gasteiger partial charge < -0.3 is 40.7 Å². The van der Waals surface area contributed by atoms with E-state index < -0.39 is 5.82 Å². The van der Waals surface area contributed by atoms with E-state index in [1.807, 2.05) is 76.6 Å². The molecule has 6 aromatic rings. The largest absolute Gasteiger partial charge is 0.474 e. The monoisotopic (exact) mass is 774 g/mol. The van der Waals surface area contributed by atoms with E-state index in [9.17, 15) is 9.59 Å². The Morgan fingerprint density at radius 3 is 2.09 bits per heavy atom. The summed E-state index contributed by atoms with van der Waals surface area (Å²) in [6.45, 7) is 9.74. The van der Waals surface area contributed by atoms with Gasteiger partial charge in [-0.1, -0.05) is 0 Å². The number of hydrogen-bond acceptors (Lipinski definition) is 8. The molecule has 13 heteroatoms. The molecule has 0 saturated carbocycles. The summed E-state index contributed by atoms with van der Waals surface area (Å²) < 4.78 is 27.6. The van der Waals surface area contributed by atoms with Crippen molar-refractivity contribution >= 4 is 57.9 Å². The van der Waals surface area contributed by atoms with Gasteiger partial charge in [-0.25, -0.2) is 14.4 Å². The van der Waals surface area contributed by atoms with Crippen molar-refractivity contribution in [2.45, 2.75) is 40.2 Å². The SMILES string of the molecule is Cc1c[nH]c(/C=C2\C(=O)Nc3c(C)cc(-c4cnc5c(c4C)NCC(Cc4c[nH]c(/C=C6\C(=O)Nc7c(F)cc(-c8cnc9c(c8C)NCCO9)cc76)c4)O5)cc32)c1. The van der Waals surface area contributed by atoms with Gasteiger partial charge in [0.25, 0.3) is 11.8 Å². The van der Waals surface area contributed by atoms with Gasteiger partial charge in [0.05, 0.1) is 29.1 Å². The number of aromatic amines is 2. The van der Waals surface area contributed by atoms with Crippen LogP contribution in [0.4, 0.5) is 27.1 Å². The highest BCUT2D eigenvalue weighted by atomic mass is 19.1. The lowest BCUT2D eigenvalue weighted by molar-refractivity contribution is -0.111. The van der Waals surface area contributed by atoms with Crippen molar-refractivity contribution in [1.29, 1.82) is 0 Å². The third kappa shape index (κ3) is 5.97. The highest BCUT2D eigenvalue weighted by molar-refractivity contribution is 6.36. The van der Waals surface area contributed by atoms with Gasteiger partial charge in [0.15, 0.2) is 0 Å². The fraction of sp³-hybridized carbons (Fsp3) is 0.200. The molecule has 12 nitrogen and oxygen atoms in total. The molecule has 2 amide bonds. The lowest BCUT2D eigenvalue weighted by Crippen LogP contribution is -2.33. The molecule has 0 fully saturated rings. The number of H-pyrrole nitrogens is 2. The lowest BCUT2D eigenvalue weighted by atomic mass is 9.94. The van der Waals surface area contributed by atoms with Gasteiger partial charge in [0.2, 0.25) is 11.8 Å². The minimum Gasteiger partial charge on any atom is -0.474 e.